The second kappa shape index (κ2) is 41.8. The fourth-order valence-electron chi connectivity index (χ4n) is 14.3. The van der Waals surface area contributed by atoms with Crippen molar-refractivity contribution in [3.05, 3.63) is 177 Å². The van der Waals surface area contributed by atoms with Gasteiger partial charge in [0.1, 0.15) is 34.1 Å². The summed E-state index contributed by atoms with van der Waals surface area (Å²) in [5.74, 6) is 2.25. The highest BCUT2D eigenvalue weighted by Gasteiger charge is 2.52. The van der Waals surface area contributed by atoms with Gasteiger partial charge >= 0.3 is 18.5 Å². The van der Waals surface area contributed by atoms with Crippen LogP contribution in [0.4, 0.5) is 14.4 Å². The molecule has 4 amide bonds. The van der Waals surface area contributed by atoms with Gasteiger partial charge in [0.15, 0.2) is 0 Å². The molecule has 115 heavy (non-hydrogen) atoms. The van der Waals surface area contributed by atoms with Crippen molar-refractivity contribution in [3.63, 3.8) is 0 Å². The number of hydrogen-bond donors (Lipinski definition) is 0. The van der Waals surface area contributed by atoms with E-state index in [1.807, 2.05) is 103 Å². The summed E-state index contributed by atoms with van der Waals surface area (Å²) in [6.45, 7) is 36.0. The number of thiophene rings is 4. The summed E-state index contributed by atoms with van der Waals surface area (Å²) in [5.41, 5.74) is 4.88. The Morgan fingerprint density at radius 1 is 0.357 bits per heavy atom. The first-order chi connectivity index (χ1) is 54.8. The lowest BCUT2D eigenvalue weighted by molar-refractivity contribution is -0.124. The number of hydrogen-bond acceptors (Lipinski definition) is 17. The van der Waals surface area contributed by atoms with Gasteiger partial charge in [-0.3, -0.25) is 19.2 Å². The van der Waals surface area contributed by atoms with Crippen molar-refractivity contribution in [1.82, 2.24) is 19.6 Å². The van der Waals surface area contributed by atoms with E-state index in [9.17, 15) is 24.0 Å². The van der Waals surface area contributed by atoms with Crippen LogP contribution in [-0.2, 0) is 33.4 Å². The lowest BCUT2D eigenvalue weighted by Crippen LogP contribution is -2.34. The highest BCUT2D eigenvalue weighted by atomic mass is 127. The molecule has 11 rings (SSSR count). The van der Waals surface area contributed by atoms with Crippen LogP contribution >= 0.6 is 67.9 Å². The fourth-order valence-corrected chi connectivity index (χ4v) is 18.6. The van der Waals surface area contributed by atoms with Gasteiger partial charge in [0.05, 0.1) is 64.6 Å². The van der Waals surface area contributed by atoms with Crippen LogP contribution in [-0.4, -0.2) is 105 Å². The highest BCUT2D eigenvalue weighted by molar-refractivity contribution is 14.1. The van der Waals surface area contributed by atoms with Crippen LogP contribution in [0.5, 0.6) is 17.2 Å². The smallest absolute Gasteiger partial charge is 0.428 e. The average Bonchev–Trinajstić information content (AvgIpc) is 1.56. The molecule has 0 spiro atoms. The van der Waals surface area contributed by atoms with Gasteiger partial charge in [0.25, 0.3) is 23.6 Å². The minimum Gasteiger partial charge on any atom is -0.428 e. The predicted octanol–water partition coefficient (Wildman–Crippen LogP) is 25.7. The number of benzene rings is 3. The lowest BCUT2D eigenvalue weighted by atomic mass is 9.98. The Morgan fingerprint density at radius 3 is 0.896 bits per heavy atom. The Hall–Kier alpha value is -8.16. The summed E-state index contributed by atoms with van der Waals surface area (Å²) in [5, 5.41) is 4.08. The molecule has 4 aromatic heterocycles. The van der Waals surface area contributed by atoms with Crippen LogP contribution in [0.25, 0.3) is 43.7 Å². The van der Waals surface area contributed by atoms with E-state index >= 15 is 9.59 Å². The van der Waals surface area contributed by atoms with Crippen molar-refractivity contribution in [2.75, 3.05) is 26.2 Å². The van der Waals surface area contributed by atoms with Crippen molar-refractivity contribution in [2.45, 2.75) is 237 Å². The van der Waals surface area contributed by atoms with Crippen LogP contribution in [0, 0.1) is 27.2 Å². The highest BCUT2D eigenvalue weighted by Crippen LogP contribution is 2.53. The summed E-state index contributed by atoms with van der Waals surface area (Å²) in [4.78, 5) is 108. The molecule has 0 saturated carbocycles. The van der Waals surface area contributed by atoms with Crippen LogP contribution in [0.3, 0.4) is 0 Å². The van der Waals surface area contributed by atoms with E-state index in [2.05, 4.69) is 90.1 Å². The molecule has 8 heterocycles. The van der Waals surface area contributed by atoms with Gasteiger partial charge in [-0.2, -0.15) is 0 Å². The predicted molar refractivity (Wildman–Crippen MR) is 476 cm³/mol. The third-order valence-corrected chi connectivity index (χ3v) is 25.0. The number of ether oxygens (including phenoxy) is 6. The molecular weight excluding hydrogens is 1640 g/mol. The summed E-state index contributed by atoms with van der Waals surface area (Å²) in [6, 6.07) is 37.9. The first-order valence-electron chi connectivity index (χ1n) is 41.1. The monoisotopic (exact) mass is 1750 g/mol. The number of amides is 4. The normalized spacial score (nSPS) is 15.4. The molecule has 0 N–H and O–H groups in total. The van der Waals surface area contributed by atoms with E-state index in [1.165, 1.54) is 22.7 Å². The molecule has 3 aromatic carbocycles. The minimum atomic E-state index is -0.782. The van der Waals surface area contributed by atoms with Gasteiger partial charge in [0, 0.05) is 39.5 Å². The largest absolute Gasteiger partial charge is 0.514 e. The zero-order chi connectivity index (χ0) is 83.5. The number of fused-ring (bicyclic) bond motifs is 2. The van der Waals surface area contributed by atoms with Crippen LogP contribution in [0.2, 0.25) is 0 Å². The van der Waals surface area contributed by atoms with Gasteiger partial charge in [-0.1, -0.05) is 175 Å². The molecule has 0 bridgehead atoms. The Bertz CT molecular complexity index is 4380. The first kappa shape index (κ1) is 90.8. The Labute approximate surface area is 711 Å². The van der Waals surface area contributed by atoms with E-state index < -0.39 is 35.3 Å². The number of halogens is 1. The second-order valence-electron chi connectivity index (χ2n) is 32.7. The lowest BCUT2D eigenvalue weighted by Gasteiger charge is -2.29. The summed E-state index contributed by atoms with van der Waals surface area (Å²) in [6.07, 6.45) is 14.6. The van der Waals surface area contributed by atoms with Gasteiger partial charge in [-0.25, -0.2) is 14.4 Å². The summed E-state index contributed by atoms with van der Waals surface area (Å²) >= 11 is 8.40. The molecule has 7 aromatic rings. The third-order valence-electron chi connectivity index (χ3n) is 20.3. The molecule has 0 aliphatic carbocycles. The second-order valence-corrected chi connectivity index (χ2v) is 38.0. The van der Waals surface area contributed by atoms with Crippen LogP contribution in [0.1, 0.15) is 240 Å². The molecule has 4 aliphatic rings. The minimum absolute atomic E-state index is 0.00389. The molecule has 0 fully saturated rings. The Morgan fingerprint density at radius 2 is 0.635 bits per heavy atom. The van der Waals surface area contributed by atoms with Crippen LogP contribution in [0.15, 0.2) is 154 Å². The third kappa shape index (κ3) is 24.3. The molecule has 0 saturated heterocycles. The number of carbonyl (C=O) groups excluding carboxylic acids is 7. The number of unbranched alkanes of at least 4 members (excludes halogenated alkanes) is 4. The van der Waals surface area contributed by atoms with Crippen molar-refractivity contribution in [2.24, 2.45) is 23.7 Å². The topological polar surface area (TPSA) is 188 Å². The Balaban J connectivity index is 0.000000246. The molecule has 618 valence electrons. The fraction of sp³-hybridized carbons (Fsp3) is 0.473. The molecule has 4 aliphatic heterocycles. The Kier molecular flexibility index (Phi) is 33.0. The van der Waals surface area contributed by atoms with Crippen molar-refractivity contribution < 1.29 is 62.0 Å². The van der Waals surface area contributed by atoms with Crippen molar-refractivity contribution in [1.29, 1.82) is 0 Å². The molecule has 0 radical (unpaired) electrons. The van der Waals surface area contributed by atoms with Crippen LogP contribution < -0.4 is 14.2 Å². The van der Waals surface area contributed by atoms with Gasteiger partial charge in [-0.05, 0) is 235 Å². The quantitative estimate of drug-likeness (QED) is 0.0164. The number of rotatable bonds is 33. The number of carbonyl (C=O) groups is 7. The molecule has 17 nitrogen and oxygen atoms in total. The molecular formula is C93H117IN4O13S4. The SMILES string of the molecule is CC(C)(C)OC(=O)Oc1cccc(I)c1.CCCCC(CC)CN1C(=O)C2=C(c3ccc(-c4cccc(OC(=O)OC(C)(C)C)c4)s3)N(CC(CC)CCCC)C(=O)C2=C1c1ccc(-c2cccc(OC(=O)OC(C)(C)C)c2)s1.CCCCC(CC)CN1C(=O)C2=C(c3cccs3)N(CC(CC)CCCC)C(=O)C2=C1c1cccs1. The van der Waals surface area contributed by atoms with E-state index in [-0.39, 0.29) is 35.5 Å². The maximum absolute atomic E-state index is 15.3. The molecule has 4 unspecified atom stereocenters. The van der Waals surface area contributed by atoms with E-state index in [4.69, 9.17) is 28.4 Å². The van der Waals surface area contributed by atoms with Crippen molar-refractivity contribution in [3.8, 4) is 38.1 Å². The zero-order valence-corrected chi connectivity index (χ0v) is 75.7. The summed E-state index contributed by atoms with van der Waals surface area (Å²) < 4.78 is 32.9. The van der Waals surface area contributed by atoms with E-state index in [0.29, 0.717) is 88.9 Å². The van der Waals surface area contributed by atoms with Gasteiger partial charge in [0.2, 0.25) is 0 Å². The maximum atomic E-state index is 15.3. The number of nitrogens with zero attached hydrogens (tertiary/aromatic N) is 4. The summed E-state index contributed by atoms with van der Waals surface area (Å²) in [7, 11) is 0. The first-order valence-corrected chi connectivity index (χ1v) is 45.5. The van der Waals surface area contributed by atoms with Crippen molar-refractivity contribution >= 4 is 133 Å². The molecule has 4 atom stereocenters. The maximum Gasteiger partial charge on any atom is 0.514 e. The van der Waals surface area contributed by atoms with Gasteiger partial charge in [-0.15, -0.1) is 45.3 Å². The van der Waals surface area contributed by atoms with E-state index in [0.717, 1.165) is 158 Å². The zero-order valence-electron chi connectivity index (χ0n) is 70.3. The standard InChI is InChI=1S/C52H64N2O8S2.C30H40N2O2S2.C11H13IO3/c1-11-15-19-33(13-3)31-53-45(41-27-25-39(63-41)35-21-17-23-37(29-35)59-49(57)61-51(5,6)7)43-44(47(53)55)46(54(48(43)56)32-34(14-4)20-16-12-2)42-28-26-40(64-42)36-22-18-24-38(30-36)60-50(58)62-52(8,9)10;1-5-9-13-21(7-3)19-31-27(23-15-11-17-35-23)25-26(29(31)33)28(24-16-12-18-36-24)32(30(25)34)20-22(8-4)14-10-6-2;1-11(2,3)15-10(13)14-9-6-4-5-8(12)7-9/h17-18,21-30,33-34H,11-16,19-20,31-32H2,1-10H3;11-12,15-18,21-22H,5-10,13-14,19-20H2,1-4H3;4-7H,1-3H3. The average molecular weight is 1750 g/mol. The van der Waals surface area contributed by atoms with E-state index in [1.54, 1.807) is 121 Å². The van der Waals surface area contributed by atoms with Gasteiger partial charge < -0.3 is 48.0 Å². The molecule has 22 heteroatoms.